The van der Waals surface area contributed by atoms with Gasteiger partial charge in [0.25, 0.3) is 7.52 Å². The van der Waals surface area contributed by atoms with Gasteiger partial charge in [-0.25, -0.2) is 4.67 Å². The van der Waals surface area contributed by atoms with Gasteiger partial charge in [-0.05, 0) is 0 Å². The Balaban J connectivity index is 2.51. The summed E-state index contributed by atoms with van der Waals surface area (Å²) in [5.74, 6) is 0. The van der Waals surface area contributed by atoms with Crippen molar-refractivity contribution in [2.24, 2.45) is 0 Å². The number of rotatable bonds is 2. The molecule has 5 heteroatoms. The number of nitrogens with zero attached hydrogens (tertiary/aromatic N) is 1. The Kier molecular flexibility index (Phi) is 3.07. The highest BCUT2D eigenvalue weighted by molar-refractivity contribution is 7.55. The zero-order valence-corrected chi connectivity index (χ0v) is 7.93. The monoisotopic (exact) mass is 178 g/mol. The molecular formula is C6H15N2O2P. The van der Waals surface area contributed by atoms with Crippen molar-refractivity contribution in [3.05, 3.63) is 0 Å². The fraction of sp³-hybridized carbons (Fsp3) is 1.00. The predicted molar refractivity (Wildman–Crippen MR) is 45.0 cm³/mol. The Morgan fingerprint density at radius 1 is 1.45 bits per heavy atom. The Labute approximate surface area is 67.4 Å². The molecule has 1 fully saturated rings. The van der Waals surface area contributed by atoms with Crippen LogP contribution in [-0.2, 0) is 9.09 Å². The van der Waals surface area contributed by atoms with E-state index in [0.717, 1.165) is 26.2 Å². The molecule has 0 saturated carbocycles. The predicted octanol–water partition coefficient (Wildman–Crippen LogP) is 0.361. The lowest BCUT2D eigenvalue weighted by Crippen LogP contribution is -2.41. The second-order valence-corrected chi connectivity index (χ2v) is 5.23. The smallest absolute Gasteiger partial charge is 0.269 e. The van der Waals surface area contributed by atoms with Crippen molar-refractivity contribution >= 4 is 7.52 Å². The average Bonchev–Trinajstić information content (AvgIpc) is 2.06. The second-order valence-electron chi connectivity index (χ2n) is 2.69. The largest absolute Gasteiger partial charge is 0.321 e. The first-order valence-electron chi connectivity index (χ1n) is 3.76. The van der Waals surface area contributed by atoms with E-state index in [4.69, 9.17) is 4.52 Å². The molecule has 0 spiro atoms. The normalized spacial score (nSPS) is 26.4. The van der Waals surface area contributed by atoms with Crippen LogP contribution in [0.2, 0.25) is 0 Å². The Bertz CT molecular complexity index is 168. The van der Waals surface area contributed by atoms with Crippen LogP contribution in [0.5, 0.6) is 0 Å². The van der Waals surface area contributed by atoms with Crippen molar-refractivity contribution in [3.63, 3.8) is 0 Å². The SMILES string of the molecule is COP(C)(=O)N1CCNCC1. The lowest BCUT2D eigenvalue weighted by molar-refractivity contribution is 0.288. The summed E-state index contributed by atoms with van der Waals surface area (Å²) in [6, 6.07) is 0. The van der Waals surface area contributed by atoms with E-state index >= 15 is 0 Å². The number of hydrogen-bond donors (Lipinski definition) is 1. The van der Waals surface area contributed by atoms with Gasteiger partial charge in [-0.2, -0.15) is 0 Å². The van der Waals surface area contributed by atoms with Gasteiger partial charge in [-0.3, -0.25) is 4.57 Å². The van der Waals surface area contributed by atoms with Crippen LogP contribution in [0.15, 0.2) is 0 Å². The third-order valence-electron chi connectivity index (χ3n) is 1.95. The summed E-state index contributed by atoms with van der Waals surface area (Å²) in [6.45, 7) is 5.12. The molecule has 1 unspecified atom stereocenters. The van der Waals surface area contributed by atoms with Gasteiger partial charge in [0.1, 0.15) is 0 Å². The Morgan fingerprint density at radius 3 is 2.45 bits per heavy atom. The van der Waals surface area contributed by atoms with Crippen LogP contribution in [0.1, 0.15) is 0 Å². The van der Waals surface area contributed by atoms with Gasteiger partial charge in [-0.1, -0.05) is 0 Å². The highest BCUT2D eigenvalue weighted by Crippen LogP contribution is 2.45. The van der Waals surface area contributed by atoms with E-state index in [9.17, 15) is 4.57 Å². The molecule has 4 nitrogen and oxygen atoms in total. The highest BCUT2D eigenvalue weighted by atomic mass is 31.2. The minimum Gasteiger partial charge on any atom is -0.321 e. The Morgan fingerprint density at radius 2 is 2.00 bits per heavy atom. The van der Waals surface area contributed by atoms with Gasteiger partial charge < -0.3 is 9.84 Å². The summed E-state index contributed by atoms with van der Waals surface area (Å²) in [5.41, 5.74) is 0. The highest BCUT2D eigenvalue weighted by Gasteiger charge is 2.25. The standard InChI is InChI=1S/C6H15N2O2P/c1-10-11(2,9)8-5-3-7-4-6-8/h7H,3-6H2,1-2H3. The van der Waals surface area contributed by atoms with Crippen LogP contribution in [-0.4, -0.2) is 44.6 Å². The van der Waals surface area contributed by atoms with Gasteiger partial charge in [0.05, 0.1) is 0 Å². The molecule has 1 rings (SSSR count). The maximum Gasteiger partial charge on any atom is 0.269 e. The lowest BCUT2D eigenvalue weighted by Gasteiger charge is -2.30. The molecule has 1 saturated heterocycles. The number of hydrogen-bond acceptors (Lipinski definition) is 3. The van der Waals surface area contributed by atoms with Gasteiger partial charge >= 0.3 is 0 Å². The number of piperazine rings is 1. The van der Waals surface area contributed by atoms with Gasteiger partial charge in [0, 0.05) is 40.0 Å². The summed E-state index contributed by atoms with van der Waals surface area (Å²) in [4.78, 5) is 0. The van der Waals surface area contributed by atoms with E-state index < -0.39 is 7.52 Å². The zero-order valence-electron chi connectivity index (χ0n) is 7.04. The molecule has 66 valence electrons. The molecular weight excluding hydrogens is 163 g/mol. The fourth-order valence-electron chi connectivity index (χ4n) is 1.13. The lowest BCUT2D eigenvalue weighted by atomic mass is 10.4. The topological polar surface area (TPSA) is 41.6 Å². The van der Waals surface area contributed by atoms with Crippen LogP contribution in [0.25, 0.3) is 0 Å². The molecule has 0 aromatic carbocycles. The van der Waals surface area contributed by atoms with E-state index in [0.29, 0.717) is 0 Å². The van der Waals surface area contributed by atoms with Gasteiger partial charge in [0.15, 0.2) is 0 Å². The minimum atomic E-state index is -2.46. The molecule has 1 aliphatic heterocycles. The molecule has 0 aliphatic carbocycles. The van der Waals surface area contributed by atoms with E-state index in [1.54, 1.807) is 6.66 Å². The van der Waals surface area contributed by atoms with Crippen LogP contribution in [0.3, 0.4) is 0 Å². The molecule has 1 N–H and O–H groups in total. The molecule has 0 amide bonds. The molecule has 1 heterocycles. The molecule has 1 aliphatic rings. The van der Waals surface area contributed by atoms with E-state index in [2.05, 4.69) is 5.32 Å². The van der Waals surface area contributed by atoms with E-state index in [-0.39, 0.29) is 0 Å². The second kappa shape index (κ2) is 3.68. The Hall–Kier alpha value is 0.110. The summed E-state index contributed by atoms with van der Waals surface area (Å²) in [6.07, 6.45) is 0. The summed E-state index contributed by atoms with van der Waals surface area (Å²) in [7, 11) is -0.953. The quantitative estimate of drug-likeness (QED) is 0.620. The van der Waals surface area contributed by atoms with Crippen LogP contribution < -0.4 is 5.32 Å². The molecule has 0 bridgehead atoms. The van der Waals surface area contributed by atoms with Crippen molar-refractivity contribution in [3.8, 4) is 0 Å². The van der Waals surface area contributed by atoms with Gasteiger partial charge in [0.2, 0.25) is 0 Å². The first kappa shape index (κ1) is 9.20. The van der Waals surface area contributed by atoms with E-state index in [1.807, 2.05) is 4.67 Å². The van der Waals surface area contributed by atoms with Crippen molar-refractivity contribution in [2.45, 2.75) is 0 Å². The van der Waals surface area contributed by atoms with Crippen LogP contribution in [0.4, 0.5) is 0 Å². The van der Waals surface area contributed by atoms with Crippen molar-refractivity contribution < 1.29 is 9.09 Å². The average molecular weight is 178 g/mol. The summed E-state index contributed by atoms with van der Waals surface area (Å²) < 4.78 is 18.5. The summed E-state index contributed by atoms with van der Waals surface area (Å²) >= 11 is 0. The third-order valence-corrected chi connectivity index (χ3v) is 4.05. The maximum atomic E-state index is 11.6. The summed E-state index contributed by atoms with van der Waals surface area (Å²) in [5, 5.41) is 3.19. The maximum absolute atomic E-state index is 11.6. The van der Waals surface area contributed by atoms with Crippen molar-refractivity contribution in [2.75, 3.05) is 40.0 Å². The zero-order chi connectivity index (χ0) is 8.32. The fourth-order valence-corrected chi connectivity index (χ4v) is 2.29. The van der Waals surface area contributed by atoms with Crippen LogP contribution in [0, 0.1) is 0 Å². The number of nitrogens with one attached hydrogen (secondary N) is 1. The first-order chi connectivity index (χ1) is 5.17. The molecule has 11 heavy (non-hydrogen) atoms. The molecule has 0 radical (unpaired) electrons. The molecule has 0 aromatic heterocycles. The van der Waals surface area contributed by atoms with E-state index in [1.165, 1.54) is 7.11 Å². The first-order valence-corrected chi connectivity index (χ1v) is 5.78. The molecule has 0 aromatic rings. The van der Waals surface area contributed by atoms with Crippen LogP contribution >= 0.6 is 7.52 Å². The molecule has 1 atom stereocenters. The van der Waals surface area contributed by atoms with Crippen molar-refractivity contribution in [1.82, 2.24) is 9.99 Å². The van der Waals surface area contributed by atoms with Crippen molar-refractivity contribution in [1.29, 1.82) is 0 Å². The minimum absolute atomic E-state index is 0.821. The third kappa shape index (κ3) is 2.27. The van der Waals surface area contributed by atoms with Gasteiger partial charge in [-0.15, -0.1) is 0 Å².